The van der Waals surface area contributed by atoms with Gasteiger partial charge in [0.15, 0.2) is 5.15 Å². The summed E-state index contributed by atoms with van der Waals surface area (Å²) in [6.45, 7) is 3.54. The monoisotopic (exact) mass is 239 g/mol. The number of amides is 1. The van der Waals surface area contributed by atoms with Gasteiger partial charge in [-0.1, -0.05) is 11.6 Å². The Morgan fingerprint density at radius 3 is 3.12 bits per heavy atom. The van der Waals surface area contributed by atoms with E-state index >= 15 is 0 Å². The summed E-state index contributed by atoms with van der Waals surface area (Å²) in [5.74, 6) is 0.0543. The molecule has 0 aliphatic carbocycles. The average Bonchev–Trinajstić information content (AvgIpc) is 2.76. The first-order valence-electron chi connectivity index (χ1n) is 5.31. The minimum atomic E-state index is 0.0167. The number of nitrogens with zero attached hydrogens (tertiary/aromatic N) is 1. The van der Waals surface area contributed by atoms with Crippen LogP contribution in [0.4, 0.5) is 5.69 Å². The largest absolute Gasteiger partial charge is 0.323 e. The van der Waals surface area contributed by atoms with Crippen LogP contribution in [0.5, 0.6) is 0 Å². The Kier molecular flexibility index (Phi) is 3.41. The van der Waals surface area contributed by atoms with Gasteiger partial charge in [-0.15, -0.1) is 0 Å². The Labute approximate surface area is 99.4 Å². The lowest BCUT2D eigenvalue weighted by Gasteiger charge is -2.12. The number of nitrogens with one attached hydrogen (secondary N) is 2. The summed E-state index contributed by atoms with van der Waals surface area (Å²) in [5, 5.41) is 6.35. The molecule has 2 N–H and O–H groups in total. The van der Waals surface area contributed by atoms with Gasteiger partial charge in [0, 0.05) is 12.7 Å². The van der Waals surface area contributed by atoms with Crippen molar-refractivity contribution in [1.29, 1.82) is 0 Å². The molecule has 4 nitrogen and oxygen atoms in total. The Bertz CT molecular complexity index is 382. The zero-order valence-corrected chi connectivity index (χ0v) is 9.84. The van der Waals surface area contributed by atoms with E-state index in [9.17, 15) is 4.79 Å². The molecule has 16 heavy (non-hydrogen) atoms. The van der Waals surface area contributed by atoms with Crippen molar-refractivity contribution in [2.45, 2.75) is 13.3 Å². The van der Waals surface area contributed by atoms with Crippen LogP contribution in [-0.4, -0.2) is 24.0 Å². The number of hydrogen-bond acceptors (Lipinski definition) is 3. The number of carbonyl (C=O) groups excluding carboxylic acids is 1. The lowest BCUT2D eigenvalue weighted by Crippen LogP contribution is -2.25. The van der Waals surface area contributed by atoms with Gasteiger partial charge in [0.25, 0.3) is 0 Å². The molecule has 0 aromatic carbocycles. The van der Waals surface area contributed by atoms with Gasteiger partial charge in [-0.2, -0.15) is 0 Å². The molecule has 1 aliphatic heterocycles. The summed E-state index contributed by atoms with van der Waals surface area (Å²) < 4.78 is 0. The molecule has 0 spiro atoms. The summed E-state index contributed by atoms with van der Waals surface area (Å²) >= 11 is 5.94. The van der Waals surface area contributed by atoms with Crippen molar-refractivity contribution >= 4 is 23.2 Å². The van der Waals surface area contributed by atoms with Crippen molar-refractivity contribution in [3.05, 3.63) is 23.0 Å². The van der Waals surface area contributed by atoms with E-state index in [2.05, 4.69) is 15.6 Å². The van der Waals surface area contributed by atoms with Gasteiger partial charge in [0.2, 0.25) is 5.91 Å². The highest BCUT2D eigenvalue weighted by molar-refractivity contribution is 6.32. The van der Waals surface area contributed by atoms with E-state index < -0.39 is 0 Å². The molecule has 0 radical (unpaired) electrons. The van der Waals surface area contributed by atoms with E-state index in [4.69, 9.17) is 11.6 Å². The number of halogens is 1. The van der Waals surface area contributed by atoms with Crippen LogP contribution in [0, 0.1) is 12.8 Å². The van der Waals surface area contributed by atoms with Crippen LogP contribution >= 0.6 is 11.6 Å². The number of aromatic nitrogens is 1. The highest BCUT2D eigenvalue weighted by atomic mass is 35.5. The number of anilines is 1. The van der Waals surface area contributed by atoms with Crippen LogP contribution in [0.1, 0.15) is 12.0 Å². The maximum atomic E-state index is 11.9. The van der Waals surface area contributed by atoms with Crippen molar-refractivity contribution in [3.8, 4) is 0 Å². The number of hydrogen-bond donors (Lipinski definition) is 2. The topological polar surface area (TPSA) is 54.0 Å². The fraction of sp³-hybridized carbons (Fsp3) is 0.455. The molecular weight excluding hydrogens is 226 g/mol. The summed E-state index contributed by atoms with van der Waals surface area (Å²) in [5.41, 5.74) is 1.56. The van der Waals surface area contributed by atoms with E-state index in [0.717, 1.165) is 25.1 Å². The van der Waals surface area contributed by atoms with Gasteiger partial charge in [-0.3, -0.25) is 4.79 Å². The van der Waals surface area contributed by atoms with E-state index in [1.165, 1.54) is 0 Å². The molecule has 1 amide bonds. The fourth-order valence-corrected chi connectivity index (χ4v) is 2.03. The Morgan fingerprint density at radius 1 is 1.69 bits per heavy atom. The third kappa shape index (κ3) is 2.33. The van der Waals surface area contributed by atoms with Crippen LogP contribution < -0.4 is 10.6 Å². The van der Waals surface area contributed by atoms with Crippen molar-refractivity contribution < 1.29 is 4.79 Å². The van der Waals surface area contributed by atoms with Crippen molar-refractivity contribution in [2.24, 2.45) is 5.92 Å². The predicted octanol–water partition coefficient (Wildman–Crippen LogP) is 1.59. The van der Waals surface area contributed by atoms with E-state index in [1.54, 1.807) is 6.20 Å². The average molecular weight is 240 g/mol. The van der Waals surface area contributed by atoms with Crippen LogP contribution in [-0.2, 0) is 4.79 Å². The molecule has 2 rings (SSSR count). The van der Waals surface area contributed by atoms with Gasteiger partial charge < -0.3 is 10.6 Å². The molecule has 0 saturated carbocycles. The Balaban J connectivity index is 2.11. The van der Waals surface area contributed by atoms with Gasteiger partial charge in [-0.05, 0) is 31.5 Å². The molecule has 1 aliphatic rings. The van der Waals surface area contributed by atoms with Gasteiger partial charge in [-0.25, -0.2) is 4.98 Å². The molecule has 5 heteroatoms. The second-order valence-electron chi connectivity index (χ2n) is 3.97. The standard InChI is InChI=1S/C11H14ClN3O/c1-7-2-5-14-10(12)9(7)15-11(16)8-3-4-13-6-8/h2,5,8,13H,3-4,6H2,1H3,(H,15,16). The second-order valence-corrected chi connectivity index (χ2v) is 4.33. The number of carbonyl (C=O) groups is 1. The fourth-order valence-electron chi connectivity index (χ4n) is 1.78. The lowest BCUT2D eigenvalue weighted by molar-refractivity contribution is -0.119. The zero-order valence-electron chi connectivity index (χ0n) is 9.09. The molecular formula is C11H14ClN3O. The lowest BCUT2D eigenvalue weighted by atomic mass is 10.1. The molecule has 1 aromatic rings. The molecule has 1 aromatic heterocycles. The number of pyridine rings is 1. The van der Waals surface area contributed by atoms with Crippen LogP contribution in [0.25, 0.3) is 0 Å². The van der Waals surface area contributed by atoms with Gasteiger partial charge in [0.05, 0.1) is 11.6 Å². The number of aryl methyl sites for hydroxylation is 1. The van der Waals surface area contributed by atoms with Crippen molar-refractivity contribution in [3.63, 3.8) is 0 Å². The molecule has 1 atom stereocenters. The molecule has 0 bridgehead atoms. The van der Waals surface area contributed by atoms with E-state index in [0.29, 0.717) is 10.8 Å². The van der Waals surface area contributed by atoms with E-state index in [-0.39, 0.29) is 11.8 Å². The summed E-state index contributed by atoms with van der Waals surface area (Å²) in [7, 11) is 0. The SMILES string of the molecule is Cc1ccnc(Cl)c1NC(=O)C1CCNC1. The zero-order chi connectivity index (χ0) is 11.5. The van der Waals surface area contributed by atoms with Crippen LogP contribution in [0.3, 0.4) is 0 Å². The first-order chi connectivity index (χ1) is 7.68. The van der Waals surface area contributed by atoms with E-state index in [1.807, 2.05) is 13.0 Å². The molecule has 1 saturated heterocycles. The normalized spacial score (nSPS) is 19.8. The highest BCUT2D eigenvalue weighted by Crippen LogP contribution is 2.23. The smallest absolute Gasteiger partial charge is 0.228 e. The predicted molar refractivity (Wildman–Crippen MR) is 63.6 cm³/mol. The minimum Gasteiger partial charge on any atom is -0.323 e. The third-order valence-electron chi connectivity index (χ3n) is 2.79. The quantitative estimate of drug-likeness (QED) is 0.771. The highest BCUT2D eigenvalue weighted by Gasteiger charge is 2.23. The summed E-state index contributed by atoms with van der Waals surface area (Å²) in [6, 6.07) is 1.83. The first-order valence-corrected chi connectivity index (χ1v) is 5.69. The minimum absolute atomic E-state index is 0.0167. The maximum Gasteiger partial charge on any atom is 0.228 e. The molecule has 86 valence electrons. The second kappa shape index (κ2) is 4.80. The molecule has 2 heterocycles. The Morgan fingerprint density at radius 2 is 2.50 bits per heavy atom. The molecule has 1 unspecified atom stereocenters. The third-order valence-corrected chi connectivity index (χ3v) is 3.08. The summed E-state index contributed by atoms with van der Waals surface area (Å²) in [4.78, 5) is 15.8. The van der Waals surface area contributed by atoms with Crippen LogP contribution in [0.15, 0.2) is 12.3 Å². The van der Waals surface area contributed by atoms with Crippen molar-refractivity contribution in [2.75, 3.05) is 18.4 Å². The van der Waals surface area contributed by atoms with Gasteiger partial charge in [0.1, 0.15) is 0 Å². The van der Waals surface area contributed by atoms with Gasteiger partial charge >= 0.3 is 0 Å². The first kappa shape index (κ1) is 11.4. The maximum absolute atomic E-state index is 11.9. The molecule has 1 fully saturated rings. The number of rotatable bonds is 2. The summed E-state index contributed by atoms with van der Waals surface area (Å²) in [6.07, 6.45) is 2.51. The van der Waals surface area contributed by atoms with Crippen LogP contribution in [0.2, 0.25) is 5.15 Å². The Hall–Kier alpha value is -1.13. The van der Waals surface area contributed by atoms with Crippen molar-refractivity contribution in [1.82, 2.24) is 10.3 Å².